The van der Waals surface area contributed by atoms with Crippen LogP contribution in [-0.2, 0) is 20.8 Å². The van der Waals surface area contributed by atoms with Crippen molar-refractivity contribution >= 4 is 33.0 Å². The number of carbonyl (C=O) groups is 1. The van der Waals surface area contributed by atoms with Gasteiger partial charge in [-0.15, -0.1) is 0 Å². The van der Waals surface area contributed by atoms with Gasteiger partial charge in [-0.3, -0.25) is 4.79 Å². The summed E-state index contributed by atoms with van der Waals surface area (Å²) in [6.45, 7) is 2.05. The molecule has 0 aliphatic heterocycles. The summed E-state index contributed by atoms with van der Waals surface area (Å²) in [5.74, 6) is -2.25. The summed E-state index contributed by atoms with van der Waals surface area (Å²) < 4.78 is 75.6. The maximum Gasteiger partial charge on any atom is 0.416 e. The number of carbonyl (C=O) groups excluding carboxylic acids is 1. The third-order valence-electron chi connectivity index (χ3n) is 3.85. The number of sulfone groups is 1. The highest BCUT2D eigenvalue weighted by Crippen LogP contribution is 2.32. The molecular formula is C17H14ClF4NO3S. The molecule has 0 unspecified atom stereocenters. The molecule has 2 aromatic carbocycles. The number of anilines is 1. The van der Waals surface area contributed by atoms with Crippen molar-refractivity contribution in [1.82, 2.24) is 0 Å². The van der Waals surface area contributed by atoms with Gasteiger partial charge in [-0.25, -0.2) is 12.8 Å². The molecule has 4 nitrogen and oxygen atoms in total. The SMILES string of the molecule is CC(C)(C(=O)Nc1cccc(C(F)(F)F)c1)S(=O)(=O)c1ccc(Cl)cc1F. The zero-order chi connectivity index (χ0) is 20.6. The van der Waals surface area contributed by atoms with E-state index in [1.54, 1.807) is 0 Å². The summed E-state index contributed by atoms with van der Waals surface area (Å²) in [6.07, 6.45) is -4.63. The topological polar surface area (TPSA) is 63.2 Å². The first kappa shape index (κ1) is 21.2. The Balaban J connectivity index is 2.37. The molecule has 0 saturated carbocycles. The van der Waals surface area contributed by atoms with E-state index in [4.69, 9.17) is 11.6 Å². The molecule has 0 bridgehead atoms. The predicted octanol–water partition coefficient (Wildman–Crippen LogP) is 4.69. The largest absolute Gasteiger partial charge is 0.416 e. The summed E-state index contributed by atoms with van der Waals surface area (Å²) in [6, 6.07) is 6.58. The molecule has 2 rings (SSSR count). The van der Waals surface area contributed by atoms with Gasteiger partial charge in [0.1, 0.15) is 15.5 Å². The Morgan fingerprint density at radius 3 is 2.26 bits per heavy atom. The van der Waals surface area contributed by atoms with Crippen LogP contribution in [0.2, 0.25) is 5.02 Å². The van der Waals surface area contributed by atoms with E-state index in [0.29, 0.717) is 6.07 Å². The third kappa shape index (κ3) is 4.24. The molecule has 0 atom stereocenters. The maximum absolute atomic E-state index is 14.0. The molecule has 0 aliphatic rings. The van der Waals surface area contributed by atoms with Crippen LogP contribution in [0.25, 0.3) is 0 Å². The van der Waals surface area contributed by atoms with Crippen LogP contribution in [-0.4, -0.2) is 19.1 Å². The lowest BCUT2D eigenvalue weighted by Gasteiger charge is -2.24. The lowest BCUT2D eigenvalue weighted by atomic mass is 10.1. The molecule has 0 aliphatic carbocycles. The molecule has 0 heterocycles. The normalized spacial score (nSPS) is 12.7. The number of rotatable bonds is 4. The second kappa shape index (κ2) is 7.12. The Hall–Kier alpha value is -2.13. The first-order chi connectivity index (χ1) is 12.3. The average Bonchev–Trinajstić information content (AvgIpc) is 2.53. The second-order valence-electron chi connectivity index (χ2n) is 6.12. The quantitative estimate of drug-likeness (QED) is 0.726. The van der Waals surface area contributed by atoms with E-state index in [1.807, 2.05) is 0 Å². The zero-order valence-corrected chi connectivity index (χ0v) is 15.6. The average molecular weight is 424 g/mol. The summed E-state index contributed by atoms with van der Waals surface area (Å²) in [5.41, 5.74) is -1.25. The number of alkyl halides is 3. The van der Waals surface area contributed by atoms with Gasteiger partial charge >= 0.3 is 6.18 Å². The minimum atomic E-state index is -4.63. The summed E-state index contributed by atoms with van der Waals surface area (Å²) in [4.78, 5) is 11.7. The van der Waals surface area contributed by atoms with Crippen LogP contribution in [0.3, 0.4) is 0 Å². The smallest absolute Gasteiger partial charge is 0.325 e. The van der Waals surface area contributed by atoms with Gasteiger partial charge in [-0.1, -0.05) is 17.7 Å². The Labute approximate surface area is 158 Å². The van der Waals surface area contributed by atoms with Gasteiger partial charge in [-0.2, -0.15) is 13.2 Å². The number of halogens is 5. The van der Waals surface area contributed by atoms with Crippen molar-refractivity contribution in [3.05, 3.63) is 58.9 Å². The first-order valence-corrected chi connectivity index (χ1v) is 9.31. The Kier molecular flexibility index (Phi) is 5.58. The molecule has 0 fully saturated rings. The molecule has 1 N–H and O–H groups in total. The van der Waals surface area contributed by atoms with Gasteiger partial charge in [-0.05, 0) is 50.2 Å². The van der Waals surface area contributed by atoms with Gasteiger partial charge < -0.3 is 5.32 Å². The highest BCUT2D eigenvalue weighted by molar-refractivity contribution is 7.93. The predicted molar refractivity (Wildman–Crippen MR) is 92.7 cm³/mol. The standard InChI is InChI=1S/C17H14ClF4NO3S/c1-16(2,27(25,26)14-7-6-11(18)9-13(14)19)15(24)23-12-5-3-4-10(8-12)17(20,21)22/h3-9H,1-2H3,(H,23,24). The highest BCUT2D eigenvalue weighted by atomic mass is 35.5. The van der Waals surface area contributed by atoms with E-state index in [-0.39, 0.29) is 10.7 Å². The van der Waals surface area contributed by atoms with E-state index in [1.165, 1.54) is 6.07 Å². The lowest BCUT2D eigenvalue weighted by Crippen LogP contribution is -2.44. The number of nitrogens with one attached hydrogen (secondary N) is 1. The van der Waals surface area contributed by atoms with Crippen LogP contribution in [0.4, 0.5) is 23.2 Å². The Morgan fingerprint density at radius 1 is 1.07 bits per heavy atom. The zero-order valence-electron chi connectivity index (χ0n) is 14.1. The van der Waals surface area contributed by atoms with Crippen LogP contribution in [0.15, 0.2) is 47.4 Å². The first-order valence-electron chi connectivity index (χ1n) is 7.45. The molecular weight excluding hydrogens is 410 g/mol. The van der Waals surface area contributed by atoms with Crippen molar-refractivity contribution in [2.75, 3.05) is 5.32 Å². The summed E-state index contributed by atoms with van der Waals surface area (Å²) >= 11 is 5.60. The highest BCUT2D eigenvalue weighted by Gasteiger charge is 2.44. The molecule has 2 aromatic rings. The lowest BCUT2D eigenvalue weighted by molar-refractivity contribution is -0.137. The third-order valence-corrected chi connectivity index (χ3v) is 6.52. The minimum absolute atomic E-state index is 0.0299. The van der Waals surface area contributed by atoms with E-state index in [9.17, 15) is 30.8 Å². The molecule has 0 radical (unpaired) electrons. The number of hydrogen-bond donors (Lipinski definition) is 1. The Morgan fingerprint density at radius 2 is 1.70 bits per heavy atom. The second-order valence-corrected chi connectivity index (χ2v) is 9.02. The fraction of sp³-hybridized carbons (Fsp3) is 0.235. The molecule has 0 saturated heterocycles. The van der Waals surface area contributed by atoms with E-state index in [2.05, 4.69) is 5.32 Å². The number of amides is 1. The van der Waals surface area contributed by atoms with Crippen LogP contribution < -0.4 is 5.32 Å². The molecule has 27 heavy (non-hydrogen) atoms. The summed E-state index contributed by atoms with van der Waals surface area (Å²) in [7, 11) is -4.51. The fourth-order valence-corrected chi connectivity index (χ4v) is 3.71. The van der Waals surface area contributed by atoms with Crippen molar-refractivity contribution in [3.8, 4) is 0 Å². The monoisotopic (exact) mass is 423 g/mol. The molecule has 0 aromatic heterocycles. The van der Waals surface area contributed by atoms with Crippen molar-refractivity contribution < 1.29 is 30.8 Å². The van der Waals surface area contributed by atoms with Crippen molar-refractivity contribution in [2.45, 2.75) is 29.7 Å². The van der Waals surface area contributed by atoms with Gasteiger partial charge in [0.05, 0.1) is 5.56 Å². The number of benzene rings is 2. The van der Waals surface area contributed by atoms with Crippen molar-refractivity contribution in [3.63, 3.8) is 0 Å². The van der Waals surface area contributed by atoms with Crippen molar-refractivity contribution in [1.29, 1.82) is 0 Å². The van der Waals surface area contributed by atoms with E-state index < -0.39 is 42.9 Å². The summed E-state index contributed by atoms with van der Waals surface area (Å²) in [5, 5.41) is 2.10. The van der Waals surface area contributed by atoms with Crippen molar-refractivity contribution in [2.24, 2.45) is 0 Å². The fourth-order valence-electron chi connectivity index (χ4n) is 2.14. The Bertz CT molecular complexity index is 988. The molecule has 1 amide bonds. The van der Waals surface area contributed by atoms with E-state index >= 15 is 0 Å². The number of hydrogen-bond acceptors (Lipinski definition) is 3. The van der Waals surface area contributed by atoms with Crippen LogP contribution >= 0.6 is 11.6 Å². The van der Waals surface area contributed by atoms with Gasteiger partial charge in [0, 0.05) is 10.7 Å². The van der Waals surface area contributed by atoms with Gasteiger partial charge in [0.25, 0.3) is 0 Å². The van der Waals surface area contributed by atoms with Crippen LogP contribution in [0, 0.1) is 5.82 Å². The molecule has 146 valence electrons. The van der Waals surface area contributed by atoms with Gasteiger partial charge in [0.15, 0.2) is 9.84 Å². The van der Waals surface area contributed by atoms with E-state index in [0.717, 1.165) is 44.2 Å². The van der Waals surface area contributed by atoms with Crippen LogP contribution in [0.1, 0.15) is 19.4 Å². The maximum atomic E-state index is 14.0. The molecule has 10 heteroatoms. The molecule has 0 spiro atoms. The van der Waals surface area contributed by atoms with Crippen LogP contribution in [0.5, 0.6) is 0 Å². The minimum Gasteiger partial charge on any atom is -0.325 e. The van der Waals surface area contributed by atoms with Gasteiger partial charge in [0.2, 0.25) is 5.91 Å².